The first-order valence-electron chi connectivity index (χ1n) is 8.36. The monoisotopic (exact) mass is 407 g/mol. The maximum Gasteiger partial charge on any atom is 0.288 e. The van der Waals surface area contributed by atoms with Crippen LogP contribution >= 0.6 is 23.5 Å². The summed E-state index contributed by atoms with van der Waals surface area (Å²) in [4.78, 5) is 20.9. The van der Waals surface area contributed by atoms with Crippen LogP contribution in [0.15, 0.2) is 53.4 Å². The molecule has 2 aromatic carbocycles. The average molecular weight is 408 g/mol. The lowest BCUT2D eigenvalue weighted by Gasteiger charge is -2.16. The second-order valence-electron chi connectivity index (χ2n) is 5.85. The van der Waals surface area contributed by atoms with Crippen molar-refractivity contribution < 1.29 is 13.6 Å². The molecule has 1 atom stereocenters. The molecule has 0 fully saturated rings. The van der Waals surface area contributed by atoms with Gasteiger partial charge in [0.05, 0.1) is 17.1 Å². The number of imidazole rings is 1. The molecule has 3 rings (SSSR count). The van der Waals surface area contributed by atoms with E-state index in [0.717, 1.165) is 23.2 Å². The third-order valence-corrected chi connectivity index (χ3v) is 5.36. The molecular weight excluding hydrogens is 388 g/mol. The van der Waals surface area contributed by atoms with E-state index in [0.29, 0.717) is 28.0 Å². The van der Waals surface area contributed by atoms with Gasteiger partial charge in [0.15, 0.2) is 0 Å². The lowest BCUT2D eigenvalue weighted by Crippen LogP contribution is -2.29. The van der Waals surface area contributed by atoms with Gasteiger partial charge < -0.3 is 10.3 Å². The number of H-pyrrole nitrogens is 1. The van der Waals surface area contributed by atoms with Gasteiger partial charge in [-0.15, -0.1) is 0 Å². The SMILES string of the molecule is CSCCC(NC(=O)c1ccc(SC(F)F)cc1)c1nc2ccccc2[nH]1. The van der Waals surface area contributed by atoms with Crippen molar-refractivity contribution in [2.75, 3.05) is 12.0 Å². The second-order valence-corrected chi connectivity index (χ2v) is 7.90. The molecule has 2 N–H and O–H groups in total. The van der Waals surface area contributed by atoms with Gasteiger partial charge in [-0.25, -0.2) is 4.98 Å². The molecule has 1 amide bonds. The number of rotatable bonds is 8. The number of benzene rings is 2. The Hall–Kier alpha value is -2.06. The molecule has 0 spiro atoms. The smallest absolute Gasteiger partial charge is 0.288 e. The third kappa shape index (κ3) is 5.23. The van der Waals surface area contributed by atoms with Gasteiger partial charge in [-0.3, -0.25) is 4.79 Å². The fourth-order valence-electron chi connectivity index (χ4n) is 2.68. The zero-order valence-electron chi connectivity index (χ0n) is 14.6. The van der Waals surface area contributed by atoms with Gasteiger partial charge in [0.1, 0.15) is 5.82 Å². The van der Waals surface area contributed by atoms with E-state index in [2.05, 4.69) is 15.3 Å². The molecule has 0 saturated heterocycles. The number of hydrogen-bond donors (Lipinski definition) is 2. The van der Waals surface area contributed by atoms with Crippen LogP contribution in [0.1, 0.15) is 28.6 Å². The van der Waals surface area contributed by atoms with Gasteiger partial charge in [-0.2, -0.15) is 20.5 Å². The molecule has 1 aromatic heterocycles. The van der Waals surface area contributed by atoms with Crippen LogP contribution in [-0.2, 0) is 0 Å². The molecule has 8 heteroatoms. The van der Waals surface area contributed by atoms with Crippen LogP contribution in [0.4, 0.5) is 8.78 Å². The van der Waals surface area contributed by atoms with Gasteiger partial charge in [-0.05, 0) is 54.8 Å². The fraction of sp³-hybridized carbons (Fsp3) is 0.263. The molecule has 3 aromatic rings. The summed E-state index contributed by atoms with van der Waals surface area (Å²) in [6.45, 7) is 0. The Morgan fingerprint density at radius 3 is 2.59 bits per heavy atom. The summed E-state index contributed by atoms with van der Waals surface area (Å²) in [5.41, 5.74) is 2.20. The highest BCUT2D eigenvalue weighted by Gasteiger charge is 2.19. The van der Waals surface area contributed by atoms with Crippen LogP contribution in [-0.4, -0.2) is 33.6 Å². The third-order valence-electron chi connectivity index (χ3n) is 4.00. The molecule has 0 aliphatic carbocycles. The molecule has 0 radical (unpaired) electrons. The Balaban J connectivity index is 1.76. The molecule has 27 heavy (non-hydrogen) atoms. The minimum Gasteiger partial charge on any atom is -0.342 e. The van der Waals surface area contributed by atoms with Gasteiger partial charge >= 0.3 is 0 Å². The number of nitrogens with zero attached hydrogens (tertiary/aromatic N) is 1. The van der Waals surface area contributed by atoms with E-state index in [4.69, 9.17) is 0 Å². The minimum absolute atomic E-state index is 0.254. The van der Waals surface area contributed by atoms with Crippen molar-refractivity contribution in [3.8, 4) is 0 Å². The molecule has 0 saturated carbocycles. The van der Waals surface area contributed by atoms with E-state index in [1.165, 1.54) is 12.1 Å². The molecule has 4 nitrogen and oxygen atoms in total. The summed E-state index contributed by atoms with van der Waals surface area (Å²) in [7, 11) is 0. The van der Waals surface area contributed by atoms with E-state index in [-0.39, 0.29) is 11.9 Å². The Bertz CT molecular complexity index is 866. The number of para-hydroxylation sites is 2. The Kier molecular flexibility index (Phi) is 6.73. The molecule has 1 heterocycles. The zero-order chi connectivity index (χ0) is 19.2. The molecule has 1 unspecified atom stereocenters. The first-order valence-corrected chi connectivity index (χ1v) is 10.6. The topological polar surface area (TPSA) is 57.8 Å². The molecule has 142 valence electrons. The lowest BCUT2D eigenvalue weighted by molar-refractivity contribution is 0.0934. The highest BCUT2D eigenvalue weighted by atomic mass is 32.2. The summed E-state index contributed by atoms with van der Waals surface area (Å²) in [5.74, 6) is -1.15. The van der Waals surface area contributed by atoms with E-state index in [1.807, 2.05) is 30.5 Å². The molecular formula is C19H19F2N3OS2. The molecule has 0 aliphatic rings. The maximum atomic E-state index is 12.6. The Morgan fingerprint density at radius 1 is 1.19 bits per heavy atom. The summed E-state index contributed by atoms with van der Waals surface area (Å²) in [6, 6.07) is 13.6. The number of halogens is 2. The van der Waals surface area contributed by atoms with Crippen molar-refractivity contribution in [1.29, 1.82) is 0 Å². The van der Waals surface area contributed by atoms with Crippen LogP contribution < -0.4 is 5.32 Å². The number of nitrogens with one attached hydrogen (secondary N) is 2. The maximum absolute atomic E-state index is 12.6. The number of thioether (sulfide) groups is 2. The standard InChI is InChI=1S/C19H19F2N3OS2/c1-26-11-10-16(17-22-14-4-2-3-5-15(14)23-17)24-18(25)12-6-8-13(9-7-12)27-19(20)21/h2-9,16,19H,10-11H2,1H3,(H,22,23)(H,24,25). The quantitative estimate of drug-likeness (QED) is 0.510. The highest BCUT2D eigenvalue weighted by molar-refractivity contribution is 7.99. The second kappa shape index (κ2) is 9.23. The van der Waals surface area contributed by atoms with Crippen LogP contribution in [0.5, 0.6) is 0 Å². The predicted octanol–water partition coefficient (Wildman–Crippen LogP) is 5.10. The number of aromatic amines is 1. The number of aromatic nitrogens is 2. The van der Waals surface area contributed by atoms with Gasteiger partial charge in [-0.1, -0.05) is 23.9 Å². The van der Waals surface area contributed by atoms with Crippen molar-refractivity contribution in [3.63, 3.8) is 0 Å². The average Bonchev–Trinajstić information content (AvgIpc) is 3.09. The summed E-state index contributed by atoms with van der Waals surface area (Å²) >= 11 is 2.16. The van der Waals surface area contributed by atoms with Crippen LogP contribution in [0.3, 0.4) is 0 Å². The number of fused-ring (bicyclic) bond motifs is 1. The normalized spacial score (nSPS) is 12.4. The van der Waals surface area contributed by atoms with Crippen molar-refractivity contribution in [3.05, 3.63) is 59.9 Å². The number of hydrogen-bond acceptors (Lipinski definition) is 4. The Morgan fingerprint density at radius 2 is 1.93 bits per heavy atom. The number of carbonyl (C=O) groups is 1. The van der Waals surface area contributed by atoms with Crippen LogP contribution in [0.25, 0.3) is 11.0 Å². The largest absolute Gasteiger partial charge is 0.342 e. The van der Waals surface area contributed by atoms with Crippen molar-refractivity contribution in [1.82, 2.24) is 15.3 Å². The van der Waals surface area contributed by atoms with E-state index in [9.17, 15) is 13.6 Å². The van der Waals surface area contributed by atoms with Crippen LogP contribution in [0.2, 0.25) is 0 Å². The van der Waals surface area contributed by atoms with E-state index >= 15 is 0 Å². The summed E-state index contributed by atoms with van der Waals surface area (Å²) < 4.78 is 24.8. The minimum atomic E-state index is -2.48. The summed E-state index contributed by atoms with van der Waals surface area (Å²) in [5, 5.41) is 3.00. The number of carbonyl (C=O) groups excluding carboxylic acids is 1. The number of amides is 1. The van der Waals surface area contributed by atoms with Crippen molar-refractivity contribution in [2.24, 2.45) is 0 Å². The Labute approximate surface area is 164 Å². The van der Waals surface area contributed by atoms with Gasteiger partial charge in [0, 0.05) is 10.5 Å². The first kappa shape index (κ1) is 19.7. The van der Waals surface area contributed by atoms with Crippen LogP contribution in [0, 0.1) is 0 Å². The van der Waals surface area contributed by atoms with Crippen molar-refractivity contribution >= 4 is 40.5 Å². The van der Waals surface area contributed by atoms with Crippen molar-refractivity contribution in [2.45, 2.75) is 23.1 Å². The zero-order valence-corrected chi connectivity index (χ0v) is 16.2. The first-order chi connectivity index (χ1) is 13.1. The predicted molar refractivity (Wildman–Crippen MR) is 108 cm³/mol. The van der Waals surface area contributed by atoms with E-state index < -0.39 is 5.76 Å². The van der Waals surface area contributed by atoms with E-state index in [1.54, 1.807) is 23.9 Å². The van der Waals surface area contributed by atoms with Gasteiger partial charge in [0.25, 0.3) is 11.7 Å². The highest BCUT2D eigenvalue weighted by Crippen LogP contribution is 2.25. The number of alkyl halides is 2. The molecule has 0 aliphatic heterocycles. The van der Waals surface area contributed by atoms with Gasteiger partial charge in [0.2, 0.25) is 0 Å². The fourth-order valence-corrected chi connectivity index (χ4v) is 3.65. The molecule has 0 bridgehead atoms. The lowest BCUT2D eigenvalue weighted by atomic mass is 10.1. The summed E-state index contributed by atoms with van der Waals surface area (Å²) in [6.07, 6.45) is 2.74.